The smallest absolute Gasteiger partial charge is 0.261 e. The average molecular weight is 395 g/mol. The highest BCUT2D eigenvalue weighted by Gasteiger charge is 2.22. The van der Waals surface area contributed by atoms with E-state index in [4.69, 9.17) is 5.73 Å². The summed E-state index contributed by atoms with van der Waals surface area (Å²) in [4.78, 5) is 28.2. The van der Waals surface area contributed by atoms with Crippen molar-refractivity contribution in [1.29, 1.82) is 0 Å². The van der Waals surface area contributed by atoms with Crippen molar-refractivity contribution < 1.29 is 0 Å². The molecule has 8 heteroatoms. The molecule has 5 rings (SSSR count). The molecule has 3 aromatic heterocycles. The fourth-order valence-electron chi connectivity index (χ4n) is 4.09. The number of hydrogen-bond acceptors (Lipinski definition) is 6. The van der Waals surface area contributed by atoms with Crippen molar-refractivity contribution in [2.45, 2.75) is 13.0 Å². The van der Waals surface area contributed by atoms with E-state index in [-0.39, 0.29) is 5.56 Å². The largest absolute Gasteiger partial charge is 0.397 e. The minimum absolute atomic E-state index is 0.227. The third-order valence-corrected chi connectivity index (χ3v) is 6.47. The van der Waals surface area contributed by atoms with Gasteiger partial charge < -0.3 is 25.5 Å². The van der Waals surface area contributed by atoms with Crippen LogP contribution in [-0.2, 0) is 0 Å². The van der Waals surface area contributed by atoms with Crippen LogP contribution in [0.3, 0.4) is 0 Å². The summed E-state index contributed by atoms with van der Waals surface area (Å²) in [5.74, 6) is 0.507. The normalized spacial score (nSPS) is 18.4. The van der Waals surface area contributed by atoms with E-state index in [1.165, 1.54) is 17.0 Å². The van der Waals surface area contributed by atoms with Gasteiger partial charge in [0.05, 0.1) is 26.9 Å². The highest BCUT2D eigenvalue weighted by atomic mass is 32.1. The van der Waals surface area contributed by atoms with Crippen LogP contribution in [0.1, 0.15) is 6.92 Å². The average Bonchev–Trinajstić information content (AvgIpc) is 3.27. The number of aromatic nitrogens is 3. The first-order valence-corrected chi connectivity index (χ1v) is 10.2. The zero-order chi connectivity index (χ0) is 19.4. The number of piperazine rings is 1. The molecule has 0 bridgehead atoms. The Balaban J connectivity index is 1.59. The van der Waals surface area contributed by atoms with Gasteiger partial charge >= 0.3 is 0 Å². The third kappa shape index (κ3) is 2.68. The van der Waals surface area contributed by atoms with Gasteiger partial charge in [0.25, 0.3) is 5.56 Å². The Kier molecular flexibility index (Phi) is 3.92. The number of nitrogen functional groups attached to an aromatic ring is 1. The van der Waals surface area contributed by atoms with Crippen LogP contribution in [0.4, 0.5) is 11.4 Å². The second-order valence-corrected chi connectivity index (χ2v) is 8.41. The van der Waals surface area contributed by atoms with E-state index in [0.29, 0.717) is 23.1 Å². The molecule has 1 aliphatic heterocycles. The third-order valence-electron chi connectivity index (χ3n) is 5.52. The lowest BCUT2D eigenvalue weighted by Crippen LogP contribution is -2.50. The molecule has 0 unspecified atom stereocenters. The van der Waals surface area contributed by atoms with Gasteiger partial charge in [0.1, 0.15) is 11.4 Å². The van der Waals surface area contributed by atoms with E-state index in [1.807, 2.05) is 17.5 Å². The fourth-order valence-corrected chi connectivity index (χ4v) is 4.91. The van der Waals surface area contributed by atoms with E-state index in [0.717, 1.165) is 40.9 Å². The molecular formula is C20H22N6OS. The monoisotopic (exact) mass is 394 g/mol. The summed E-state index contributed by atoms with van der Waals surface area (Å²) in [5.41, 5.74) is 10.6. The zero-order valence-corrected chi connectivity index (χ0v) is 16.6. The van der Waals surface area contributed by atoms with Crippen LogP contribution < -0.4 is 16.2 Å². The first kappa shape index (κ1) is 17.3. The van der Waals surface area contributed by atoms with Gasteiger partial charge in [-0.15, -0.1) is 11.3 Å². The molecule has 4 heterocycles. The van der Waals surface area contributed by atoms with Gasteiger partial charge in [-0.05, 0) is 43.6 Å². The second kappa shape index (κ2) is 6.35. The van der Waals surface area contributed by atoms with Gasteiger partial charge in [-0.1, -0.05) is 0 Å². The van der Waals surface area contributed by atoms with Crippen LogP contribution in [-0.4, -0.2) is 52.6 Å². The summed E-state index contributed by atoms with van der Waals surface area (Å²) in [6.45, 7) is 5.32. The molecule has 0 saturated carbocycles. The number of rotatable bonds is 2. The molecule has 4 aromatic rings. The molecule has 0 radical (unpaired) electrons. The lowest BCUT2D eigenvalue weighted by atomic mass is 10.1. The number of imidazole rings is 1. The summed E-state index contributed by atoms with van der Waals surface area (Å²) >= 11 is 1.51. The number of anilines is 2. The van der Waals surface area contributed by atoms with E-state index < -0.39 is 0 Å². The Morgan fingerprint density at radius 3 is 2.89 bits per heavy atom. The Bertz CT molecular complexity index is 1240. The van der Waals surface area contributed by atoms with Crippen LogP contribution in [0.15, 0.2) is 34.4 Å². The van der Waals surface area contributed by atoms with E-state index in [9.17, 15) is 4.79 Å². The molecule has 28 heavy (non-hydrogen) atoms. The van der Waals surface area contributed by atoms with Crippen molar-refractivity contribution in [2.24, 2.45) is 0 Å². The summed E-state index contributed by atoms with van der Waals surface area (Å²) in [5, 5.41) is 1.92. The number of fused-ring (bicyclic) bond motifs is 2. The Labute approximate surface area is 165 Å². The minimum atomic E-state index is -0.227. The van der Waals surface area contributed by atoms with Crippen LogP contribution in [0.5, 0.6) is 0 Å². The number of pyridine rings is 1. The van der Waals surface area contributed by atoms with Crippen molar-refractivity contribution in [3.8, 4) is 11.4 Å². The van der Waals surface area contributed by atoms with E-state index in [1.54, 1.807) is 0 Å². The molecule has 1 saturated heterocycles. The molecule has 1 aromatic carbocycles. The number of nitrogens with zero attached hydrogens (tertiary/aromatic N) is 3. The van der Waals surface area contributed by atoms with Crippen LogP contribution in [0, 0.1) is 0 Å². The van der Waals surface area contributed by atoms with Crippen LogP contribution >= 0.6 is 11.3 Å². The number of aromatic amines is 2. The molecule has 4 N–H and O–H groups in total. The maximum Gasteiger partial charge on any atom is 0.261 e. The highest BCUT2D eigenvalue weighted by molar-refractivity contribution is 7.17. The second-order valence-electron chi connectivity index (χ2n) is 7.50. The number of thiophene rings is 1. The minimum Gasteiger partial charge on any atom is -0.397 e. The van der Waals surface area contributed by atoms with Crippen LogP contribution in [0.2, 0.25) is 0 Å². The molecule has 1 fully saturated rings. The molecular weight excluding hydrogens is 372 g/mol. The molecule has 144 valence electrons. The molecule has 7 nitrogen and oxygen atoms in total. The molecule has 0 amide bonds. The number of benzene rings is 1. The van der Waals surface area contributed by atoms with Crippen molar-refractivity contribution in [3.63, 3.8) is 0 Å². The van der Waals surface area contributed by atoms with Gasteiger partial charge in [0, 0.05) is 31.4 Å². The molecule has 0 spiro atoms. The van der Waals surface area contributed by atoms with Gasteiger partial charge in [-0.3, -0.25) is 4.79 Å². The lowest BCUT2D eigenvalue weighted by molar-refractivity contribution is 0.275. The van der Waals surface area contributed by atoms with Crippen molar-refractivity contribution >= 4 is 44.0 Å². The SMILES string of the molecule is C[C@@H]1CN(C)CCN1c1ccc2nc(-c3c(N)c4sccc4[nH]c3=O)[nH]c2c1. The van der Waals surface area contributed by atoms with Gasteiger partial charge in [0.15, 0.2) is 0 Å². The number of nitrogens with one attached hydrogen (secondary N) is 2. The van der Waals surface area contributed by atoms with E-state index in [2.05, 4.69) is 50.9 Å². The number of nitrogens with two attached hydrogens (primary N) is 1. The lowest BCUT2D eigenvalue weighted by Gasteiger charge is -2.39. The predicted molar refractivity (Wildman–Crippen MR) is 116 cm³/mol. The number of likely N-dealkylation sites (N-methyl/N-ethyl adjacent to an activating group) is 1. The molecule has 0 aliphatic carbocycles. The Morgan fingerprint density at radius 1 is 1.21 bits per heavy atom. The standard InChI is InChI=1S/C20H22N6OS/c1-11-10-25(2)6-7-26(11)12-3-4-13-15(9-12)23-19(22-13)16-17(21)18-14(5-8-28-18)24-20(16)27/h3-5,8-9,11H,6-7,10H2,1-2H3,(H,22,23)(H3,21,24,27)/t11-/m1/s1. The summed E-state index contributed by atoms with van der Waals surface area (Å²) < 4.78 is 0.877. The summed E-state index contributed by atoms with van der Waals surface area (Å²) in [6, 6.07) is 8.53. The number of H-pyrrole nitrogens is 2. The number of hydrogen-bond donors (Lipinski definition) is 3. The van der Waals surface area contributed by atoms with E-state index >= 15 is 0 Å². The first-order chi connectivity index (χ1) is 13.5. The molecule has 1 aliphatic rings. The van der Waals surface area contributed by atoms with Gasteiger partial charge in [-0.2, -0.15) is 0 Å². The van der Waals surface area contributed by atoms with Crippen molar-refractivity contribution in [1.82, 2.24) is 19.9 Å². The quantitative estimate of drug-likeness (QED) is 0.486. The molecule has 1 atom stereocenters. The first-order valence-electron chi connectivity index (χ1n) is 9.35. The summed E-state index contributed by atoms with van der Waals surface area (Å²) in [7, 11) is 2.16. The maximum absolute atomic E-state index is 12.6. The van der Waals surface area contributed by atoms with Crippen molar-refractivity contribution in [3.05, 3.63) is 40.0 Å². The Morgan fingerprint density at radius 2 is 2.07 bits per heavy atom. The Hall–Kier alpha value is -2.84. The zero-order valence-electron chi connectivity index (χ0n) is 15.8. The highest BCUT2D eigenvalue weighted by Crippen LogP contribution is 2.32. The van der Waals surface area contributed by atoms with Crippen molar-refractivity contribution in [2.75, 3.05) is 37.3 Å². The predicted octanol–water partition coefficient (Wildman–Crippen LogP) is 2.86. The maximum atomic E-state index is 12.6. The summed E-state index contributed by atoms with van der Waals surface area (Å²) in [6.07, 6.45) is 0. The van der Waals surface area contributed by atoms with Gasteiger partial charge in [0.2, 0.25) is 0 Å². The van der Waals surface area contributed by atoms with Crippen LogP contribution in [0.25, 0.3) is 32.6 Å². The fraction of sp³-hybridized carbons (Fsp3) is 0.300. The van der Waals surface area contributed by atoms with Gasteiger partial charge in [-0.25, -0.2) is 4.98 Å². The topological polar surface area (TPSA) is 94.0 Å².